The molecule has 2 heterocycles. The van der Waals surface area contributed by atoms with E-state index in [4.69, 9.17) is 14.2 Å². The Morgan fingerprint density at radius 3 is 2.48 bits per heavy atom. The number of rotatable bonds is 4. The molecule has 0 aromatic carbocycles. The molecule has 2 aliphatic heterocycles. The van der Waals surface area contributed by atoms with E-state index in [0.29, 0.717) is 13.0 Å². The standard InChI is InChI=1S/C18H30N2O5/c1-5-24-15(21)13-10-18(12-19-6-8-23-9-7-19)11-14(18)20(13)16(22)25-17(2,3)4/h13-14H,5-12H2,1-4H3/t13-,14-,18+/m0/s1. The second kappa shape index (κ2) is 6.76. The normalized spacial score (nSPS) is 32.2. The molecule has 3 rings (SSSR count). The Morgan fingerprint density at radius 2 is 1.88 bits per heavy atom. The van der Waals surface area contributed by atoms with E-state index in [9.17, 15) is 9.59 Å². The number of hydrogen-bond donors (Lipinski definition) is 0. The van der Waals surface area contributed by atoms with Crippen LogP contribution in [0, 0.1) is 5.41 Å². The van der Waals surface area contributed by atoms with Crippen LogP contribution >= 0.6 is 0 Å². The summed E-state index contributed by atoms with van der Waals surface area (Å²) in [6.07, 6.45) is 1.18. The van der Waals surface area contributed by atoms with Crippen molar-refractivity contribution < 1.29 is 23.8 Å². The Hall–Kier alpha value is -1.34. The van der Waals surface area contributed by atoms with Gasteiger partial charge in [-0.15, -0.1) is 0 Å². The Kier molecular flexibility index (Phi) is 4.99. The van der Waals surface area contributed by atoms with Crippen LogP contribution in [0.25, 0.3) is 0 Å². The fraction of sp³-hybridized carbons (Fsp3) is 0.889. The summed E-state index contributed by atoms with van der Waals surface area (Å²) < 4.78 is 16.2. The van der Waals surface area contributed by atoms with Crippen LogP contribution in [0.4, 0.5) is 4.79 Å². The molecule has 7 heteroatoms. The fourth-order valence-corrected chi connectivity index (χ4v) is 4.08. The van der Waals surface area contributed by atoms with Gasteiger partial charge in [-0.3, -0.25) is 9.80 Å². The summed E-state index contributed by atoms with van der Waals surface area (Å²) in [4.78, 5) is 29.2. The first kappa shape index (κ1) is 18.5. The minimum absolute atomic E-state index is 0.00826. The average Bonchev–Trinajstić information content (AvgIpc) is 3.10. The van der Waals surface area contributed by atoms with E-state index >= 15 is 0 Å². The zero-order chi connectivity index (χ0) is 18.2. The fourth-order valence-electron chi connectivity index (χ4n) is 4.08. The van der Waals surface area contributed by atoms with E-state index in [2.05, 4.69) is 4.90 Å². The van der Waals surface area contributed by atoms with Gasteiger partial charge in [0.2, 0.25) is 0 Å². The van der Waals surface area contributed by atoms with Crippen LogP contribution in [-0.2, 0) is 19.0 Å². The largest absolute Gasteiger partial charge is 0.464 e. The summed E-state index contributed by atoms with van der Waals surface area (Å²) in [6, 6.07) is -0.464. The number of amides is 1. The highest BCUT2D eigenvalue weighted by molar-refractivity contribution is 5.83. The first-order valence-corrected chi connectivity index (χ1v) is 9.24. The lowest BCUT2D eigenvalue weighted by Crippen LogP contribution is -2.46. The molecule has 0 spiro atoms. The van der Waals surface area contributed by atoms with Gasteiger partial charge in [-0.25, -0.2) is 9.59 Å². The Balaban J connectivity index is 1.73. The molecule has 0 unspecified atom stereocenters. The highest BCUT2D eigenvalue weighted by Crippen LogP contribution is 2.60. The Bertz CT molecular complexity index is 526. The van der Waals surface area contributed by atoms with Gasteiger partial charge in [-0.1, -0.05) is 0 Å². The highest BCUT2D eigenvalue weighted by atomic mass is 16.6. The average molecular weight is 354 g/mol. The summed E-state index contributed by atoms with van der Waals surface area (Å²) in [5, 5.41) is 0. The van der Waals surface area contributed by atoms with Gasteiger partial charge >= 0.3 is 12.1 Å². The number of hydrogen-bond acceptors (Lipinski definition) is 6. The Labute approximate surface area is 149 Å². The van der Waals surface area contributed by atoms with Gasteiger partial charge in [-0.2, -0.15) is 0 Å². The molecule has 1 amide bonds. The van der Waals surface area contributed by atoms with E-state index < -0.39 is 17.7 Å². The molecular formula is C18H30N2O5. The molecule has 1 aliphatic carbocycles. The van der Waals surface area contributed by atoms with Gasteiger partial charge in [0.25, 0.3) is 0 Å². The quantitative estimate of drug-likeness (QED) is 0.715. The third-order valence-corrected chi connectivity index (χ3v) is 5.22. The third-order valence-electron chi connectivity index (χ3n) is 5.22. The van der Waals surface area contributed by atoms with Gasteiger partial charge in [0.15, 0.2) is 0 Å². The van der Waals surface area contributed by atoms with Crippen molar-refractivity contribution in [2.75, 3.05) is 39.5 Å². The van der Waals surface area contributed by atoms with Gasteiger partial charge in [0.1, 0.15) is 11.6 Å². The lowest BCUT2D eigenvalue weighted by molar-refractivity contribution is -0.149. The first-order chi connectivity index (χ1) is 11.8. The molecule has 142 valence electrons. The molecule has 7 nitrogen and oxygen atoms in total. The lowest BCUT2D eigenvalue weighted by Gasteiger charge is -2.30. The number of piperidine rings is 1. The summed E-state index contributed by atoms with van der Waals surface area (Å²) in [6.45, 7) is 11.8. The molecule has 0 N–H and O–H groups in total. The van der Waals surface area contributed by atoms with Crippen LogP contribution in [-0.4, -0.2) is 79.0 Å². The molecule has 3 atom stereocenters. The SMILES string of the molecule is CCOC(=O)[C@@H]1C[C@]2(CN3CCOCC3)C[C@@H]2N1C(=O)OC(C)(C)C. The lowest BCUT2D eigenvalue weighted by atomic mass is 9.98. The number of esters is 1. The van der Waals surface area contributed by atoms with Crippen LogP contribution in [0.1, 0.15) is 40.5 Å². The molecule has 25 heavy (non-hydrogen) atoms. The van der Waals surface area contributed by atoms with Crippen molar-refractivity contribution in [3.63, 3.8) is 0 Å². The van der Waals surface area contributed by atoms with Crippen LogP contribution in [0.3, 0.4) is 0 Å². The maximum absolute atomic E-state index is 12.7. The van der Waals surface area contributed by atoms with Crippen LogP contribution in [0.5, 0.6) is 0 Å². The summed E-state index contributed by atoms with van der Waals surface area (Å²) in [5.41, 5.74) is -0.591. The topological polar surface area (TPSA) is 68.3 Å². The minimum atomic E-state index is -0.583. The van der Waals surface area contributed by atoms with E-state index in [1.165, 1.54) is 0 Å². The molecule has 2 saturated heterocycles. The van der Waals surface area contributed by atoms with E-state index in [0.717, 1.165) is 39.3 Å². The van der Waals surface area contributed by atoms with Crippen molar-refractivity contribution in [1.82, 2.24) is 9.80 Å². The second-order valence-corrected chi connectivity index (χ2v) is 8.33. The van der Waals surface area contributed by atoms with Gasteiger partial charge < -0.3 is 14.2 Å². The van der Waals surface area contributed by atoms with Crippen molar-refractivity contribution in [3.8, 4) is 0 Å². The Morgan fingerprint density at radius 1 is 1.20 bits per heavy atom. The zero-order valence-corrected chi connectivity index (χ0v) is 15.7. The minimum Gasteiger partial charge on any atom is -0.464 e. The molecule has 3 fully saturated rings. The van der Waals surface area contributed by atoms with Crippen LogP contribution in [0.15, 0.2) is 0 Å². The van der Waals surface area contributed by atoms with Crippen molar-refractivity contribution in [1.29, 1.82) is 0 Å². The van der Waals surface area contributed by atoms with Gasteiger partial charge in [-0.05, 0) is 40.5 Å². The summed E-state index contributed by atoms with van der Waals surface area (Å²) >= 11 is 0. The smallest absolute Gasteiger partial charge is 0.411 e. The predicted molar refractivity (Wildman–Crippen MR) is 91.2 cm³/mol. The third kappa shape index (κ3) is 3.92. The van der Waals surface area contributed by atoms with Crippen molar-refractivity contribution in [2.24, 2.45) is 5.41 Å². The molecule has 3 aliphatic rings. The van der Waals surface area contributed by atoms with Gasteiger partial charge in [0, 0.05) is 31.1 Å². The molecule has 1 saturated carbocycles. The molecule has 0 aromatic rings. The van der Waals surface area contributed by atoms with Crippen molar-refractivity contribution in [2.45, 2.75) is 58.2 Å². The number of ether oxygens (including phenoxy) is 3. The number of fused-ring (bicyclic) bond motifs is 1. The maximum Gasteiger partial charge on any atom is 0.411 e. The molecular weight excluding hydrogens is 324 g/mol. The number of morpholine rings is 1. The number of carbonyl (C=O) groups is 2. The van der Waals surface area contributed by atoms with Crippen molar-refractivity contribution in [3.05, 3.63) is 0 Å². The van der Waals surface area contributed by atoms with Gasteiger partial charge in [0.05, 0.1) is 19.8 Å². The summed E-state index contributed by atoms with van der Waals surface area (Å²) in [7, 11) is 0. The van der Waals surface area contributed by atoms with E-state index in [1.54, 1.807) is 11.8 Å². The second-order valence-electron chi connectivity index (χ2n) is 8.33. The monoisotopic (exact) mass is 354 g/mol. The molecule has 0 aromatic heterocycles. The van der Waals surface area contributed by atoms with Crippen molar-refractivity contribution >= 4 is 12.1 Å². The van der Waals surface area contributed by atoms with E-state index in [1.807, 2.05) is 20.8 Å². The number of likely N-dealkylation sites (tertiary alicyclic amines) is 1. The van der Waals surface area contributed by atoms with Crippen LogP contribution in [0.2, 0.25) is 0 Å². The highest BCUT2D eigenvalue weighted by Gasteiger charge is 2.68. The molecule has 0 bridgehead atoms. The predicted octanol–water partition coefficient (Wildman–Crippen LogP) is 1.65. The number of nitrogens with zero attached hydrogens (tertiary/aromatic N) is 2. The molecule has 0 radical (unpaired) electrons. The summed E-state index contributed by atoms with van der Waals surface area (Å²) in [5.74, 6) is -0.318. The maximum atomic E-state index is 12.7. The van der Waals surface area contributed by atoms with E-state index in [-0.39, 0.29) is 17.4 Å². The first-order valence-electron chi connectivity index (χ1n) is 9.24. The van der Waals surface area contributed by atoms with Crippen LogP contribution < -0.4 is 0 Å². The number of carbonyl (C=O) groups excluding carboxylic acids is 2. The zero-order valence-electron chi connectivity index (χ0n) is 15.7.